The Labute approximate surface area is 137 Å². The van der Waals surface area contributed by atoms with Gasteiger partial charge in [0.25, 0.3) is 0 Å². The molecule has 3 aromatic rings. The summed E-state index contributed by atoms with van der Waals surface area (Å²) in [5.41, 5.74) is 3.24. The summed E-state index contributed by atoms with van der Waals surface area (Å²) in [6.07, 6.45) is 3.72. The lowest BCUT2D eigenvalue weighted by Gasteiger charge is -2.25. The van der Waals surface area contributed by atoms with Crippen LogP contribution in [-0.4, -0.2) is 25.5 Å². The molecular formula is C17H16FN5O. The van der Waals surface area contributed by atoms with E-state index in [1.54, 1.807) is 34.9 Å². The van der Waals surface area contributed by atoms with E-state index in [9.17, 15) is 9.18 Å². The number of amides is 1. The normalized spacial score (nSPS) is 16.8. The number of anilines is 1. The molecule has 6 nitrogen and oxygen atoms in total. The van der Waals surface area contributed by atoms with Gasteiger partial charge in [-0.05, 0) is 36.8 Å². The minimum Gasteiger partial charge on any atom is -0.311 e. The van der Waals surface area contributed by atoms with Crippen molar-refractivity contribution in [3.05, 3.63) is 59.3 Å². The van der Waals surface area contributed by atoms with Crippen molar-refractivity contribution in [1.29, 1.82) is 0 Å². The molecule has 0 bridgehead atoms. The predicted octanol–water partition coefficient (Wildman–Crippen LogP) is 2.53. The Balaban J connectivity index is 1.94. The molecule has 0 spiro atoms. The molecule has 7 heteroatoms. The molecule has 4 rings (SSSR count). The Morgan fingerprint density at radius 2 is 2.21 bits per heavy atom. The third kappa shape index (κ3) is 2.20. The van der Waals surface area contributed by atoms with Crippen LogP contribution in [0.3, 0.4) is 0 Å². The lowest BCUT2D eigenvalue weighted by Crippen LogP contribution is -2.25. The number of nitrogens with zero attached hydrogens (tertiary/aromatic N) is 4. The number of benzene rings is 1. The van der Waals surface area contributed by atoms with Crippen LogP contribution < -0.4 is 5.32 Å². The summed E-state index contributed by atoms with van der Waals surface area (Å²) in [6.45, 7) is 1.90. The van der Waals surface area contributed by atoms with Crippen molar-refractivity contribution >= 4 is 11.7 Å². The summed E-state index contributed by atoms with van der Waals surface area (Å²) in [4.78, 5) is 12.2. The molecule has 0 radical (unpaired) electrons. The van der Waals surface area contributed by atoms with Gasteiger partial charge < -0.3 is 5.32 Å². The van der Waals surface area contributed by atoms with Gasteiger partial charge in [0, 0.05) is 37.3 Å². The summed E-state index contributed by atoms with van der Waals surface area (Å²) in [6, 6.07) is 6.38. The van der Waals surface area contributed by atoms with Gasteiger partial charge in [-0.1, -0.05) is 0 Å². The van der Waals surface area contributed by atoms with Crippen LogP contribution >= 0.6 is 0 Å². The number of hydrogen-bond donors (Lipinski definition) is 1. The summed E-state index contributed by atoms with van der Waals surface area (Å²) in [7, 11) is 1.79. The molecule has 0 aliphatic carbocycles. The molecule has 1 N–H and O–H groups in total. The Morgan fingerprint density at radius 1 is 1.38 bits per heavy atom. The van der Waals surface area contributed by atoms with E-state index in [4.69, 9.17) is 0 Å². The zero-order valence-corrected chi connectivity index (χ0v) is 13.3. The molecule has 0 saturated heterocycles. The van der Waals surface area contributed by atoms with Crippen LogP contribution in [0.4, 0.5) is 10.2 Å². The lowest BCUT2D eigenvalue weighted by atomic mass is 9.84. The van der Waals surface area contributed by atoms with Crippen LogP contribution in [0.5, 0.6) is 0 Å². The number of carbonyl (C=O) groups is 1. The van der Waals surface area contributed by atoms with Gasteiger partial charge in [-0.15, -0.1) is 0 Å². The highest BCUT2D eigenvalue weighted by molar-refractivity contribution is 5.94. The van der Waals surface area contributed by atoms with Crippen LogP contribution in [-0.2, 0) is 11.8 Å². The fourth-order valence-electron chi connectivity index (χ4n) is 3.40. The third-order valence-corrected chi connectivity index (χ3v) is 4.38. The van der Waals surface area contributed by atoms with Gasteiger partial charge in [0.2, 0.25) is 5.91 Å². The van der Waals surface area contributed by atoms with E-state index >= 15 is 0 Å². The van der Waals surface area contributed by atoms with E-state index in [-0.39, 0.29) is 24.1 Å². The molecule has 3 heterocycles. The lowest BCUT2D eigenvalue weighted by molar-refractivity contribution is -0.116. The van der Waals surface area contributed by atoms with Crippen LogP contribution in [0.1, 0.15) is 29.2 Å². The van der Waals surface area contributed by atoms with Crippen molar-refractivity contribution in [3.8, 4) is 5.69 Å². The first-order valence-corrected chi connectivity index (χ1v) is 7.67. The highest BCUT2D eigenvalue weighted by atomic mass is 19.1. The van der Waals surface area contributed by atoms with Gasteiger partial charge in [-0.25, -0.2) is 9.07 Å². The first kappa shape index (κ1) is 14.6. The molecule has 1 aliphatic heterocycles. The number of nitrogens with one attached hydrogen (secondary N) is 1. The molecule has 0 saturated carbocycles. The fraction of sp³-hybridized carbons (Fsp3) is 0.235. The number of hydrogen-bond acceptors (Lipinski definition) is 3. The van der Waals surface area contributed by atoms with E-state index < -0.39 is 0 Å². The molecule has 2 aromatic heterocycles. The highest BCUT2D eigenvalue weighted by Gasteiger charge is 2.33. The molecule has 1 unspecified atom stereocenters. The third-order valence-electron chi connectivity index (χ3n) is 4.38. The molecular weight excluding hydrogens is 309 g/mol. The van der Waals surface area contributed by atoms with Crippen molar-refractivity contribution in [3.63, 3.8) is 0 Å². The van der Waals surface area contributed by atoms with Gasteiger partial charge in [0.05, 0.1) is 11.4 Å². The highest BCUT2D eigenvalue weighted by Crippen LogP contribution is 2.41. The van der Waals surface area contributed by atoms with E-state index in [1.807, 2.05) is 13.0 Å². The van der Waals surface area contributed by atoms with Crippen molar-refractivity contribution in [1.82, 2.24) is 19.6 Å². The zero-order valence-electron chi connectivity index (χ0n) is 13.3. The molecule has 1 atom stereocenters. The summed E-state index contributed by atoms with van der Waals surface area (Å²) < 4.78 is 17.3. The molecule has 1 amide bonds. The standard InChI is InChI=1S/C17H16FN5O/c1-10-16-13(9-15(24)20-17(16)22(2)21-10)12-8-11(18)4-5-14(12)23-7-3-6-19-23/h3-8,13H,9H2,1-2H3,(H,20,24). The molecule has 122 valence electrons. The maximum absolute atomic E-state index is 14.0. The number of fused-ring (bicyclic) bond motifs is 1. The Hall–Kier alpha value is -2.96. The van der Waals surface area contributed by atoms with Crippen LogP contribution in [0.25, 0.3) is 5.69 Å². The first-order chi connectivity index (χ1) is 11.5. The minimum absolute atomic E-state index is 0.105. The Morgan fingerprint density at radius 3 is 2.96 bits per heavy atom. The maximum atomic E-state index is 14.0. The smallest absolute Gasteiger partial charge is 0.226 e. The molecule has 1 aromatic carbocycles. The quantitative estimate of drug-likeness (QED) is 0.787. The van der Waals surface area contributed by atoms with Gasteiger partial charge in [-0.3, -0.25) is 9.48 Å². The summed E-state index contributed by atoms with van der Waals surface area (Å²) in [5, 5.41) is 11.5. The number of halogens is 1. The van der Waals surface area contributed by atoms with Crippen molar-refractivity contribution in [2.24, 2.45) is 7.05 Å². The molecule has 0 fully saturated rings. The Kier molecular flexibility index (Phi) is 3.23. The van der Waals surface area contributed by atoms with Crippen LogP contribution in [0.15, 0.2) is 36.7 Å². The van der Waals surface area contributed by atoms with Gasteiger partial charge in [0.1, 0.15) is 11.6 Å². The average Bonchev–Trinajstić information content (AvgIpc) is 3.16. The second-order valence-electron chi connectivity index (χ2n) is 5.93. The predicted molar refractivity (Wildman–Crippen MR) is 86.6 cm³/mol. The fourth-order valence-corrected chi connectivity index (χ4v) is 3.40. The van der Waals surface area contributed by atoms with Crippen molar-refractivity contribution in [2.45, 2.75) is 19.3 Å². The second kappa shape index (κ2) is 5.30. The number of carbonyl (C=O) groups excluding carboxylic acids is 1. The number of rotatable bonds is 2. The summed E-state index contributed by atoms with van der Waals surface area (Å²) in [5.74, 6) is -0.0389. The minimum atomic E-state index is -0.338. The SMILES string of the molecule is Cc1nn(C)c2c1C(c1cc(F)ccc1-n1cccn1)CC(=O)N2. The average molecular weight is 325 g/mol. The Bertz CT molecular complexity index is 929. The summed E-state index contributed by atoms with van der Waals surface area (Å²) >= 11 is 0. The van der Waals surface area contributed by atoms with Crippen LogP contribution in [0, 0.1) is 12.7 Å². The van der Waals surface area contributed by atoms with Crippen molar-refractivity contribution in [2.75, 3.05) is 5.32 Å². The number of aryl methyl sites for hydroxylation is 2. The van der Waals surface area contributed by atoms with E-state index in [2.05, 4.69) is 15.5 Å². The number of aromatic nitrogens is 4. The zero-order chi connectivity index (χ0) is 16.8. The monoisotopic (exact) mass is 325 g/mol. The maximum Gasteiger partial charge on any atom is 0.226 e. The van der Waals surface area contributed by atoms with E-state index in [0.717, 1.165) is 22.5 Å². The van der Waals surface area contributed by atoms with E-state index in [1.165, 1.54) is 12.1 Å². The van der Waals surface area contributed by atoms with Crippen molar-refractivity contribution < 1.29 is 9.18 Å². The molecule has 1 aliphatic rings. The first-order valence-electron chi connectivity index (χ1n) is 7.67. The largest absolute Gasteiger partial charge is 0.311 e. The van der Waals surface area contributed by atoms with E-state index in [0.29, 0.717) is 5.82 Å². The topological polar surface area (TPSA) is 64.7 Å². The molecule has 24 heavy (non-hydrogen) atoms. The van der Waals surface area contributed by atoms with Gasteiger partial charge in [-0.2, -0.15) is 10.2 Å². The van der Waals surface area contributed by atoms with Crippen LogP contribution in [0.2, 0.25) is 0 Å². The van der Waals surface area contributed by atoms with Gasteiger partial charge >= 0.3 is 0 Å². The van der Waals surface area contributed by atoms with Gasteiger partial charge in [0.15, 0.2) is 0 Å². The second-order valence-corrected chi connectivity index (χ2v) is 5.93.